The van der Waals surface area contributed by atoms with Gasteiger partial charge in [-0.25, -0.2) is 0 Å². The zero-order valence-corrected chi connectivity index (χ0v) is 16.9. The number of benzene rings is 1. The van der Waals surface area contributed by atoms with E-state index in [9.17, 15) is 5.26 Å². The van der Waals surface area contributed by atoms with Gasteiger partial charge in [-0.15, -0.1) is 0 Å². The number of anilines is 1. The third kappa shape index (κ3) is 2.83. The van der Waals surface area contributed by atoms with E-state index in [1.807, 2.05) is 6.07 Å². The summed E-state index contributed by atoms with van der Waals surface area (Å²) in [6.07, 6.45) is 8.87. The summed E-state index contributed by atoms with van der Waals surface area (Å²) < 4.78 is 0. The van der Waals surface area contributed by atoms with Gasteiger partial charge in [0, 0.05) is 57.1 Å². The highest BCUT2D eigenvalue weighted by Crippen LogP contribution is 2.57. The Morgan fingerprint density at radius 3 is 2.66 bits per heavy atom. The van der Waals surface area contributed by atoms with E-state index in [-0.39, 0.29) is 0 Å². The topological polar surface area (TPSA) is 68.1 Å². The first-order valence-corrected chi connectivity index (χ1v) is 11.0. The van der Waals surface area contributed by atoms with E-state index in [0.29, 0.717) is 16.4 Å². The SMILES string of the molecule is N#Cc1ccc(N2CC(CN3CC4(CCCNC4)C3)C3(CC3)C2)c2nccnc12. The number of nitriles is 1. The molecule has 0 radical (unpaired) electrons. The van der Waals surface area contributed by atoms with Gasteiger partial charge in [0.25, 0.3) is 0 Å². The van der Waals surface area contributed by atoms with Crippen LogP contribution in [0.25, 0.3) is 11.0 Å². The molecule has 3 aliphatic heterocycles. The van der Waals surface area contributed by atoms with Gasteiger partial charge in [0.1, 0.15) is 17.1 Å². The van der Waals surface area contributed by atoms with Crippen LogP contribution < -0.4 is 10.2 Å². The monoisotopic (exact) mass is 388 g/mol. The molecule has 150 valence electrons. The van der Waals surface area contributed by atoms with Crippen molar-refractivity contribution in [2.75, 3.05) is 50.7 Å². The minimum Gasteiger partial charge on any atom is -0.369 e. The molecule has 1 saturated carbocycles. The number of piperidine rings is 1. The first-order valence-electron chi connectivity index (χ1n) is 11.0. The lowest BCUT2D eigenvalue weighted by Gasteiger charge is -2.53. The van der Waals surface area contributed by atoms with Gasteiger partial charge in [-0.1, -0.05) is 0 Å². The normalized spacial score (nSPS) is 27.3. The first-order chi connectivity index (χ1) is 14.2. The van der Waals surface area contributed by atoms with Gasteiger partial charge in [0.05, 0.1) is 11.3 Å². The second-order valence-corrected chi connectivity index (χ2v) is 9.89. The van der Waals surface area contributed by atoms with Crippen molar-refractivity contribution in [1.29, 1.82) is 5.26 Å². The van der Waals surface area contributed by atoms with Gasteiger partial charge in [-0.05, 0) is 55.7 Å². The molecule has 1 aromatic carbocycles. The highest BCUT2D eigenvalue weighted by Gasteiger charge is 2.56. The number of rotatable bonds is 3. The Balaban J connectivity index is 1.21. The Labute approximate surface area is 171 Å². The summed E-state index contributed by atoms with van der Waals surface area (Å²) in [6.45, 7) is 8.41. The van der Waals surface area contributed by atoms with Gasteiger partial charge in [-0.2, -0.15) is 5.26 Å². The molecule has 6 nitrogen and oxygen atoms in total. The molecular formula is C23H28N6. The van der Waals surface area contributed by atoms with Gasteiger partial charge in [0.2, 0.25) is 0 Å². The van der Waals surface area contributed by atoms with Crippen molar-refractivity contribution < 1.29 is 0 Å². The van der Waals surface area contributed by atoms with Gasteiger partial charge < -0.3 is 15.1 Å². The molecule has 1 N–H and O–H groups in total. The summed E-state index contributed by atoms with van der Waals surface area (Å²) in [5.41, 5.74) is 4.43. The lowest BCUT2D eigenvalue weighted by atomic mass is 9.73. The predicted octanol–water partition coefficient (Wildman–Crippen LogP) is 2.40. The van der Waals surface area contributed by atoms with E-state index in [0.717, 1.165) is 35.7 Å². The van der Waals surface area contributed by atoms with Crippen LogP contribution in [0.2, 0.25) is 0 Å². The van der Waals surface area contributed by atoms with E-state index in [1.54, 1.807) is 12.4 Å². The largest absolute Gasteiger partial charge is 0.369 e. The van der Waals surface area contributed by atoms with Crippen LogP contribution in [-0.4, -0.2) is 60.7 Å². The van der Waals surface area contributed by atoms with E-state index in [1.165, 1.54) is 58.4 Å². The summed E-state index contributed by atoms with van der Waals surface area (Å²) in [5, 5.41) is 13.0. The number of fused-ring (bicyclic) bond motifs is 1. The van der Waals surface area contributed by atoms with Crippen molar-refractivity contribution in [1.82, 2.24) is 20.2 Å². The minimum atomic E-state index is 0.496. The number of nitrogens with one attached hydrogen (secondary N) is 1. The molecular weight excluding hydrogens is 360 g/mol. The van der Waals surface area contributed by atoms with Crippen LogP contribution in [0.3, 0.4) is 0 Å². The number of likely N-dealkylation sites (tertiary alicyclic amines) is 1. The fourth-order valence-electron chi connectivity index (χ4n) is 6.23. The Bertz CT molecular complexity index is 977. The lowest BCUT2D eigenvalue weighted by Crippen LogP contribution is -2.63. The molecule has 4 fully saturated rings. The summed E-state index contributed by atoms with van der Waals surface area (Å²) in [5.74, 6) is 0.735. The minimum absolute atomic E-state index is 0.496. The first kappa shape index (κ1) is 17.6. The molecule has 0 bridgehead atoms. The van der Waals surface area contributed by atoms with E-state index in [4.69, 9.17) is 0 Å². The average molecular weight is 389 g/mol. The molecule has 2 aromatic rings. The maximum absolute atomic E-state index is 9.42. The summed E-state index contributed by atoms with van der Waals surface area (Å²) in [4.78, 5) is 14.3. The van der Waals surface area contributed by atoms with Crippen LogP contribution in [0.4, 0.5) is 5.69 Å². The van der Waals surface area contributed by atoms with Crippen LogP contribution in [0.5, 0.6) is 0 Å². The third-order valence-corrected chi connectivity index (χ3v) is 7.93. The number of nitrogens with zero attached hydrogens (tertiary/aromatic N) is 5. The Hall–Kier alpha value is -2.23. The van der Waals surface area contributed by atoms with E-state index < -0.39 is 0 Å². The van der Waals surface area contributed by atoms with Gasteiger partial charge in [-0.3, -0.25) is 9.97 Å². The van der Waals surface area contributed by atoms with Crippen molar-refractivity contribution in [3.05, 3.63) is 30.1 Å². The van der Waals surface area contributed by atoms with Crippen molar-refractivity contribution in [2.45, 2.75) is 25.7 Å². The van der Waals surface area contributed by atoms with Gasteiger partial charge in [0.15, 0.2) is 0 Å². The van der Waals surface area contributed by atoms with Crippen LogP contribution in [0.15, 0.2) is 24.5 Å². The molecule has 3 saturated heterocycles. The fraction of sp³-hybridized carbons (Fsp3) is 0.609. The molecule has 1 aliphatic carbocycles. The molecule has 1 aromatic heterocycles. The Morgan fingerprint density at radius 1 is 1.10 bits per heavy atom. The molecule has 4 heterocycles. The second-order valence-electron chi connectivity index (χ2n) is 9.89. The molecule has 29 heavy (non-hydrogen) atoms. The summed E-state index contributed by atoms with van der Waals surface area (Å²) in [6, 6.07) is 6.26. The molecule has 1 atom stereocenters. The highest BCUT2D eigenvalue weighted by molar-refractivity contribution is 5.92. The quantitative estimate of drug-likeness (QED) is 0.871. The fourth-order valence-corrected chi connectivity index (χ4v) is 6.23. The molecule has 1 unspecified atom stereocenters. The molecule has 6 rings (SSSR count). The molecule has 0 amide bonds. The maximum atomic E-state index is 9.42. The highest BCUT2D eigenvalue weighted by atomic mass is 15.3. The summed E-state index contributed by atoms with van der Waals surface area (Å²) in [7, 11) is 0. The standard InChI is InChI=1S/C23H28N6/c24-10-17-2-3-19(21-20(17)26-8-9-27-21)29-12-18(23(16-29)5-6-23)11-28-14-22(15-28)4-1-7-25-13-22/h2-3,8-9,18,25H,1,4-7,11-16H2. The Kier molecular flexibility index (Phi) is 3.88. The molecule has 2 spiro atoms. The van der Waals surface area contributed by atoms with Crippen LogP contribution in [-0.2, 0) is 0 Å². The van der Waals surface area contributed by atoms with Crippen molar-refractivity contribution in [3.63, 3.8) is 0 Å². The average Bonchev–Trinajstić information content (AvgIpc) is 3.43. The third-order valence-electron chi connectivity index (χ3n) is 7.93. The zero-order chi connectivity index (χ0) is 19.5. The van der Waals surface area contributed by atoms with Crippen LogP contribution in [0, 0.1) is 28.1 Å². The predicted molar refractivity (Wildman–Crippen MR) is 113 cm³/mol. The smallest absolute Gasteiger partial charge is 0.113 e. The van der Waals surface area contributed by atoms with Gasteiger partial charge >= 0.3 is 0 Å². The molecule has 4 aliphatic rings. The van der Waals surface area contributed by atoms with Crippen LogP contribution >= 0.6 is 0 Å². The van der Waals surface area contributed by atoms with Crippen LogP contribution in [0.1, 0.15) is 31.2 Å². The number of aromatic nitrogens is 2. The second kappa shape index (κ2) is 6.38. The number of hydrogen-bond acceptors (Lipinski definition) is 6. The maximum Gasteiger partial charge on any atom is 0.113 e. The number of hydrogen-bond donors (Lipinski definition) is 1. The zero-order valence-electron chi connectivity index (χ0n) is 16.9. The lowest BCUT2D eigenvalue weighted by molar-refractivity contribution is -0.0291. The van der Waals surface area contributed by atoms with E-state index in [2.05, 4.69) is 37.2 Å². The Morgan fingerprint density at radius 2 is 1.93 bits per heavy atom. The van der Waals surface area contributed by atoms with Crippen molar-refractivity contribution >= 4 is 16.7 Å². The molecule has 6 heteroatoms. The van der Waals surface area contributed by atoms with Crippen molar-refractivity contribution in [2.24, 2.45) is 16.7 Å². The summed E-state index contributed by atoms with van der Waals surface area (Å²) >= 11 is 0. The van der Waals surface area contributed by atoms with Crippen molar-refractivity contribution in [3.8, 4) is 6.07 Å². The van der Waals surface area contributed by atoms with E-state index >= 15 is 0 Å².